The van der Waals surface area contributed by atoms with Gasteiger partial charge >= 0.3 is 0 Å². The Morgan fingerprint density at radius 1 is 1.37 bits per heavy atom. The molecule has 0 aliphatic rings. The van der Waals surface area contributed by atoms with Gasteiger partial charge < -0.3 is 10.6 Å². The van der Waals surface area contributed by atoms with E-state index in [9.17, 15) is 0 Å². The van der Waals surface area contributed by atoms with Gasteiger partial charge in [0.05, 0.1) is 11.6 Å². The van der Waals surface area contributed by atoms with Crippen molar-refractivity contribution < 1.29 is 0 Å². The molecule has 0 saturated heterocycles. The molecule has 1 aromatic heterocycles. The van der Waals surface area contributed by atoms with Crippen molar-refractivity contribution in [3.8, 4) is 0 Å². The minimum Gasteiger partial charge on any atom is -0.356 e. The van der Waals surface area contributed by atoms with Gasteiger partial charge in [-0.1, -0.05) is 26.7 Å². The lowest BCUT2D eigenvalue weighted by Crippen LogP contribution is -2.39. The van der Waals surface area contributed by atoms with Gasteiger partial charge in [-0.05, 0) is 12.8 Å². The molecule has 0 saturated carbocycles. The van der Waals surface area contributed by atoms with Gasteiger partial charge in [-0.2, -0.15) is 0 Å². The Labute approximate surface area is 137 Å². The van der Waals surface area contributed by atoms with Crippen molar-refractivity contribution >= 4 is 41.3 Å². The fourth-order valence-electron chi connectivity index (χ4n) is 1.70. The smallest absolute Gasteiger partial charge is 0.191 e. The van der Waals surface area contributed by atoms with Crippen LogP contribution in [0.2, 0.25) is 0 Å². The van der Waals surface area contributed by atoms with E-state index in [4.69, 9.17) is 0 Å². The van der Waals surface area contributed by atoms with Crippen LogP contribution in [-0.2, 0) is 6.54 Å². The number of aryl methyl sites for hydroxylation is 1. The Morgan fingerprint density at radius 3 is 2.53 bits per heavy atom. The summed E-state index contributed by atoms with van der Waals surface area (Å²) >= 11 is 1.72. The quantitative estimate of drug-likeness (QED) is 0.441. The number of hydrogen-bond donors (Lipinski definition) is 2. The van der Waals surface area contributed by atoms with Gasteiger partial charge in [0.15, 0.2) is 5.96 Å². The predicted octanol–water partition coefficient (Wildman–Crippen LogP) is 3.17. The number of aliphatic imine (C=N–C) groups is 1. The molecule has 0 aromatic carbocycles. The molecule has 6 heteroatoms. The standard InChI is InChI=1S/C13H24N4S.HI/c1-5-11(6-2)7-16-13(14-4)17-9-12-8-15-10(3)18-12;/h8,11H,5-7,9H2,1-4H3,(H2,14,16,17);1H. The second-order valence-corrected chi connectivity index (χ2v) is 5.65. The summed E-state index contributed by atoms with van der Waals surface area (Å²) in [4.78, 5) is 9.70. The Bertz CT molecular complexity index is 374. The van der Waals surface area contributed by atoms with Gasteiger partial charge in [-0.15, -0.1) is 35.3 Å². The molecule has 0 spiro atoms. The highest BCUT2D eigenvalue weighted by molar-refractivity contribution is 14.0. The van der Waals surface area contributed by atoms with Crippen molar-refractivity contribution in [2.24, 2.45) is 10.9 Å². The Morgan fingerprint density at radius 2 is 2.05 bits per heavy atom. The molecule has 0 unspecified atom stereocenters. The highest BCUT2D eigenvalue weighted by atomic mass is 127. The number of rotatable bonds is 6. The summed E-state index contributed by atoms with van der Waals surface area (Å²) in [5, 5.41) is 7.79. The summed E-state index contributed by atoms with van der Waals surface area (Å²) in [6.07, 6.45) is 4.32. The molecule has 0 atom stereocenters. The fraction of sp³-hybridized carbons (Fsp3) is 0.692. The van der Waals surface area contributed by atoms with Crippen molar-refractivity contribution in [1.82, 2.24) is 15.6 Å². The van der Waals surface area contributed by atoms with E-state index in [1.807, 2.05) is 13.1 Å². The first kappa shape index (κ1) is 18.6. The van der Waals surface area contributed by atoms with Gasteiger partial charge in [0.2, 0.25) is 0 Å². The lowest BCUT2D eigenvalue weighted by molar-refractivity contribution is 0.481. The van der Waals surface area contributed by atoms with Gasteiger partial charge in [0.1, 0.15) is 0 Å². The second-order valence-electron chi connectivity index (χ2n) is 4.33. The number of nitrogens with zero attached hydrogens (tertiary/aromatic N) is 2. The van der Waals surface area contributed by atoms with Crippen molar-refractivity contribution in [2.45, 2.75) is 40.2 Å². The lowest BCUT2D eigenvalue weighted by Gasteiger charge is -2.16. The van der Waals surface area contributed by atoms with E-state index in [1.165, 1.54) is 17.7 Å². The maximum Gasteiger partial charge on any atom is 0.191 e. The number of nitrogens with one attached hydrogen (secondary N) is 2. The molecule has 0 amide bonds. The van der Waals surface area contributed by atoms with E-state index in [0.717, 1.165) is 24.1 Å². The lowest BCUT2D eigenvalue weighted by atomic mass is 10.0. The average molecular weight is 396 g/mol. The SMILES string of the molecule is CCC(CC)CNC(=NC)NCc1cnc(C)s1.I. The Kier molecular flexibility index (Phi) is 10.2. The van der Waals surface area contributed by atoms with E-state index in [-0.39, 0.29) is 24.0 Å². The summed E-state index contributed by atoms with van der Waals surface area (Å²) in [5.74, 6) is 1.59. The first-order valence-corrected chi connectivity index (χ1v) is 7.37. The molecule has 110 valence electrons. The zero-order chi connectivity index (χ0) is 13.4. The summed E-state index contributed by atoms with van der Waals surface area (Å²) in [7, 11) is 1.81. The zero-order valence-corrected chi connectivity index (χ0v) is 15.3. The van der Waals surface area contributed by atoms with Gasteiger partial charge in [-0.3, -0.25) is 4.99 Å². The molecule has 1 heterocycles. The van der Waals surface area contributed by atoms with Crippen LogP contribution in [0, 0.1) is 12.8 Å². The molecule has 1 aromatic rings. The average Bonchev–Trinajstić information content (AvgIpc) is 2.80. The number of guanidine groups is 1. The van der Waals surface area contributed by atoms with E-state index < -0.39 is 0 Å². The number of halogens is 1. The molecular weight excluding hydrogens is 371 g/mol. The topological polar surface area (TPSA) is 49.3 Å². The monoisotopic (exact) mass is 396 g/mol. The van der Waals surface area contributed by atoms with Crippen LogP contribution in [0.4, 0.5) is 0 Å². The molecule has 2 N–H and O–H groups in total. The van der Waals surface area contributed by atoms with Crippen molar-refractivity contribution in [3.63, 3.8) is 0 Å². The predicted molar refractivity (Wildman–Crippen MR) is 94.5 cm³/mol. The summed E-state index contributed by atoms with van der Waals surface area (Å²) < 4.78 is 0. The molecule has 0 radical (unpaired) electrons. The zero-order valence-electron chi connectivity index (χ0n) is 12.2. The first-order valence-electron chi connectivity index (χ1n) is 6.55. The largest absolute Gasteiger partial charge is 0.356 e. The maximum absolute atomic E-state index is 4.24. The van der Waals surface area contributed by atoms with Crippen molar-refractivity contribution in [1.29, 1.82) is 0 Å². The number of hydrogen-bond acceptors (Lipinski definition) is 3. The molecular formula is C13H25IN4S. The van der Waals surface area contributed by atoms with Crippen LogP contribution in [0.3, 0.4) is 0 Å². The molecule has 0 aliphatic carbocycles. The second kappa shape index (κ2) is 10.4. The fourth-order valence-corrected chi connectivity index (χ4v) is 2.43. The highest BCUT2D eigenvalue weighted by Gasteiger charge is 2.05. The Hall–Kier alpha value is -0.370. The molecule has 0 fully saturated rings. The number of thiazole rings is 1. The minimum absolute atomic E-state index is 0. The summed E-state index contributed by atoms with van der Waals surface area (Å²) in [5.41, 5.74) is 0. The van der Waals surface area contributed by atoms with Crippen LogP contribution in [0.15, 0.2) is 11.2 Å². The highest BCUT2D eigenvalue weighted by Crippen LogP contribution is 2.10. The molecule has 0 bridgehead atoms. The Balaban J connectivity index is 0.00000324. The van der Waals surface area contributed by atoms with Crippen LogP contribution in [0.1, 0.15) is 36.6 Å². The van der Waals surface area contributed by atoms with Crippen LogP contribution < -0.4 is 10.6 Å². The molecule has 0 aliphatic heterocycles. The number of aromatic nitrogens is 1. The van der Waals surface area contributed by atoms with Gasteiger partial charge in [-0.25, -0.2) is 4.98 Å². The van der Waals surface area contributed by atoms with E-state index in [1.54, 1.807) is 18.4 Å². The minimum atomic E-state index is 0. The van der Waals surface area contributed by atoms with Crippen molar-refractivity contribution in [3.05, 3.63) is 16.1 Å². The van der Waals surface area contributed by atoms with E-state index in [0.29, 0.717) is 5.92 Å². The third-order valence-electron chi connectivity index (χ3n) is 3.04. The third-order valence-corrected chi connectivity index (χ3v) is 3.95. The van der Waals surface area contributed by atoms with Crippen molar-refractivity contribution in [2.75, 3.05) is 13.6 Å². The van der Waals surface area contributed by atoms with E-state index >= 15 is 0 Å². The van der Waals surface area contributed by atoms with Crippen LogP contribution in [0.5, 0.6) is 0 Å². The first-order chi connectivity index (χ1) is 8.69. The molecule has 19 heavy (non-hydrogen) atoms. The van der Waals surface area contributed by atoms with Crippen LogP contribution >= 0.6 is 35.3 Å². The van der Waals surface area contributed by atoms with Crippen LogP contribution in [0.25, 0.3) is 0 Å². The summed E-state index contributed by atoms with van der Waals surface area (Å²) in [6, 6.07) is 0. The summed E-state index contributed by atoms with van der Waals surface area (Å²) in [6.45, 7) is 8.25. The van der Waals surface area contributed by atoms with Gasteiger partial charge in [0, 0.05) is 24.7 Å². The normalized spacial score (nSPS) is 11.3. The maximum atomic E-state index is 4.24. The molecule has 4 nitrogen and oxygen atoms in total. The van der Waals surface area contributed by atoms with E-state index in [2.05, 4.69) is 34.5 Å². The van der Waals surface area contributed by atoms with Gasteiger partial charge in [0.25, 0.3) is 0 Å². The third kappa shape index (κ3) is 7.10. The van der Waals surface area contributed by atoms with Crippen LogP contribution in [-0.4, -0.2) is 24.5 Å². The molecule has 1 rings (SSSR count).